The van der Waals surface area contributed by atoms with Crippen molar-refractivity contribution < 1.29 is 0 Å². The average Bonchev–Trinajstić information content (AvgIpc) is 3.35. The third-order valence-corrected chi connectivity index (χ3v) is 12.5. The van der Waals surface area contributed by atoms with E-state index in [2.05, 4.69) is 213 Å². The molecule has 0 unspecified atom stereocenters. The van der Waals surface area contributed by atoms with Gasteiger partial charge in [-0.15, -0.1) is 0 Å². The third kappa shape index (κ3) is 6.39. The van der Waals surface area contributed by atoms with E-state index in [1.165, 1.54) is 26.9 Å². The smallest absolute Gasteiger partial charge is 0.164 e. The normalized spacial score (nSPS) is 11.6. The van der Waals surface area contributed by atoms with Gasteiger partial charge in [-0.05, 0) is 114 Å². The molecule has 0 saturated heterocycles. The summed E-state index contributed by atoms with van der Waals surface area (Å²) in [7, 11) is 0. The van der Waals surface area contributed by atoms with Crippen LogP contribution < -0.4 is 0 Å². The standard InChI is InChI=1S/C59H38N4/c1-37-32-41(28-29-46(37)56-50-23-9-4-16-40(50)30-31-60-56)43-33-44(55-36-42-17-5-8-22-49(42)51-24-10-11-25-52(51)55)35-45(34-43)57-61-58(53-26-12-18-38-14-2-6-20-47(38)53)63-59(62-57)54-27-13-19-39-15-3-7-21-48(39)54/h2-36H,1H3. The van der Waals surface area contributed by atoms with E-state index < -0.39 is 0 Å². The molecule has 12 rings (SSSR count). The minimum absolute atomic E-state index is 0.609. The van der Waals surface area contributed by atoms with Gasteiger partial charge in [-0.25, -0.2) is 15.0 Å². The van der Waals surface area contributed by atoms with Gasteiger partial charge in [-0.3, -0.25) is 4.98 Å². The zero-order valence-corrected chi connectivity index (χ0v) is 34.5. The highest BCUT2D eigenvalue weighted by atomic mass is 15.0. The Morgan fingerprint density at radius 2 is 0.794 bits per heavy atom. The van der Waals surface area contributed by atoms with Crippen molar-refractivity contribution in [3.63, 3.8) is 0 Å². The number of aromatic nitrogens is 4. The molecule has 0 atom stereocenters. The van der Waals surface area contributed by atoms with Gasteiger partial charge in [0.25, 0.3) is 0 Å². The Balaban J connectivity index is 1.12. The van der Waals surface area contributed by atoms with Crippen molar-refractivity contribution in [2.75, 3.05) is 0 Å². The molecule has 12 aromatic rings. The summed E-state index contributed by atoms with van der Waals surface area (Å²) < 4.78 is 0. The van der Waals surface area contributed by atoms with E-state index in [1.807, 2.05) is 6.20 Å². The summed E-state index contributed by atoms with van der Waals surface area (Å²) in [5.74, 6) is 1.87. The summed E-state index contributed by atoms with van der Waals surface area (Å²) in [6.45, 7) is 2.18. The molecule has 0 aliphatic rings. The zero-order valence-electron chi connectivity index (χ0n) is 34.5. The van der Waals surface area contributed by atoms with Crippen LogP contribution >= 0.6 is 0 Å². The van der Waals surface area contributed by atoms with Crippen LogP contribution in [0.2, 0.25) is 0 Å². The van der Waals surface area contributed by atoms with Crippen molar-refractivity contribution in [3.8, 4) is 67.7 Å². The van der Waals surface area contributed by atoms with Gasteiger partial charge in [-0.2, -0.15) is 0 Å². The number of benzene rings is 10. The van der Waals surface area contributed by atoms with E-state index in [0.29, 0.717) is 17.5 Å². The molecular weight excluding hydrogens is 765 g/mol. The van der Waals surface area contributed by atoms with Crippen LogP contribution in [0.3, 0.4) is 0 Å². The van der Waals surface area contributed by atoms with Gasteiger partial charge < -0.3 is 0 Å². The van der Waals surface area contributed by atoms with Gasteiger partial charge in [0.15, 0.2) is 17.5 Å². The molecule has 10 aromatic carbocycles. The SMILES string of the molecule is Cc1cc(-c2cc(-c3nc(-c4cccc5ccccc45)nc(-c4cccc5ccccc45)n3)cc(-c3cc4ccccc4c4ccccc34)c2)ccc1-c1nccc2ccccc12. The van der Waals surface area contributed by atoms with E-state index in [0.717, 1.165) is 82.7 Å². The summed E-state index contributed by atoms with van der Waals surface area (Å²) in [6, 6.07) is 73.4. The molecule has 0 amide bonds. The lowest BCUT2D eigenvalue weighted by Gasteiger charge is -2.16. The van der Waals surface area contributed by atoms with Crippen LogP contribution in [0, 0.1) is 6.92 Å². The number of hydrogen-bond acceptors (Lipinski definition) is 4. The monoisotopic (exact) mass is 802 g/mol. The third-order valence-electron chi connectivity index (χ3n) is 12.5. The number of pyridine rings is 1. The zero-order chi connectivity index (χ0) is 41.9. The molecule has 0 spiro atoms. The molecular formula is C59H38N4. The summed E-state index contributed by atoms with van der Waals surface area (Å²) >= 11 is 0. The highest BCUT2D eigenvalue weighted by Gasteiger charge is 2.19. The maximum Gasteiger partial charge on any atom is 0.164 e. The minimum Gasteiger partial charge on any atom is -0.256 e. The first-order valence-electron chi connectivity index (χ1n) is 21.4. The molecule has 0 bridgehead atoms. The summed E-state index contributed by atoms with van der Waals surface area (Å²) in [6.07, 6.45) is 1.91. The van der Waals surface area contributed by atoms with Crippen LogP contribution in [0.1, 0.15) is 5.56 Å². The Bertz CT molecular complexity index is 3660. The molecule has 2 heterocycles. The number of aryl methyl sites for hydroxylation is 1. The molecule has 63 heavy (non-hydrogen) atoms. The molecule has 0 saturated carbocycles. The summed E-state index contributed by atoms with van der Waals surface area (Å²) in [5.41, 5.74) is 10.5. The maximum atomic E-state index is 5.38. The van der Waals surface area contributed by atoms with Crippen LogP contribution in [0.15, 0.2) is 212 Å². The number of hydrogen-bond donors (Lipinski definition) is 0. The van der Waals surface area contributed by atoms with E-state index in [9.17, 15) is 0 Å². The molecule has 2 aromatic heterocycles. The van der Waals surface area contributed by atoms with Gasteiger partial charge >= 0.3 is 0 Å². The van der Waals surface area contributed by atoms with Crippen molar-refractivity contribution >= 4 is 53.9 Å². The highest BCUT2D eigenvalue weighted by molar-refractivity contribution is 6.14. The first-order valence-corrected chi connectivity index (χ1v) is 21.4. The Labute approximate surface area is 364 Å². The molecule has 4 heteroatoms. The van der Waals surface area contributed by atoms with Gasteiger partial charge in [-0.1, -0.05) is 176 Å². The number of nitrogens with zero attached hydrogens (tertiary/aromatic N) is 4. The molecule has 0 radical (unpaired) electrons. The maximum absolute atomic E-state index is 5.38. The van der Waals surface area contributed by atoms with Crippen LogP contribution in [0.25, 0.3) is 122 Å². The van der Waals surface area contributed by atoms with E-state index >= 15 is 0 Å². The fourth-order valence-corrected chi connectivity index (χ4v) is 9.40. The lowest BCUT2D eigenvalue weighted by molar-refractivity contribution is 1.08. The van der Waals surface area contributed by atoms with Gasteiger partial charge in [0.05, 0.1) is 5.69 Å². The first-order chi connectivity index (χ1) is 31.1. The van der Waals surface area contributed by atoms with Crippen molar-refractivity contribution in [1.29, 1.82) is 0 Å². The second-order valence-corrected chi connectivity index (χ2v) is 16.3. The van der Waals surface area contributed by atoms with Crippen LogP contribution in [0.5, 0.6) is 0 Å². The van der Waals surface area contributed by atoms with Gasteiger partial charge in [0.1, 0.15) is 0 Å². The van der Waals surface area contributed by atoms with Gasteiger partial charge in [0.2, 0.25) is 0 Å². The number of fused-ring (bicyclic) bond motifs is 6. The molecule has 294 valence electrons. The van der Waals surface area contributed by atoms with E-state index in [1.54, 1.807) is 0 Å². The lowest BCUT2D eigenvalue weighted by atomic mass is 9.89. The Morgan fingerprint density at radius 3 is 1.46 bits per heavy atom. The van der Waals surface area contributed by atoms with Crippen LogP contribution in [0.4, 0.5) is 0 Å². The Hall–Kier alpha value is -8.34. The van der Waals surface area contributed by atoms with Crippen molar-refractivity contribution in [1.82, 2.24) is 19.9 Å². The van der Waals surface area contributed by atoms with Crippen LogP contribution in [-0.4, -0.2) is 19.9 Å². The minimum atomic E-state index is 0.609. The van der Waals surface area contributed by atoms with Gasteiger partial charge in [0, 0.05) is 33.8 Å². The second kappa shape index (κ2) is 15.0. The predicted octanol–water partition coefficient (Wildman–Crippen LogP) is 15.3. The lowest BCUT2D eigenvalue weighted by Crippen LogP contribution is -2.01. The highest BCUT2D eigenvalue weighted by Crippen LogP contribution is 2.41. The molecule has 0 aliphatic carbocycles. The van der Waals surface area contributed by atoms with E-state index in [4.69, 9.17) is 19.9 Å². The van der Waals surface area contributed by atoms with Crippen LogP contribution in [-0.2, 0) is 0 Å². The molecule has 0 aliphatic heterocycles. The summed E-state index contributed by atoms with van der Waals surface area (Å²) in [4.78, 5) is 20.9. The second-order valence-electron chi connectivity index (χ2n) is 16.3. The molecule has 0 fully saturated rings. The average molecular weight is 803 g/mol. The Kier molecular flexibility index (Phi) is 8.68. The fourth-order valence-electron chi connectivity index (χ4n) is 9.40. The summed E-state index contributed by atoms with van der Waals surface area (Å²) in [5, 5.41) is 11.6. The Morgan fingerprint density at radius 1 is 0.286 bits per heavy atom. The van der Waals surface area contributed by atoms with Crippen molar-refractivity contribution in [3.05, 3.63) is 218 Å². The topological polar surface area (TPSA) is 51.6 Å². The molecule has 4 nitrogen and oxygen atoms in total. The predicted molar refractivity (Wildman–Crippen MR) is 263 cm³/mol. The van der Waals surface area contributed by atoms with Crippen molar-refractivity contribution in [2.45, 2.75) is 6.92 Å². The van der Waals surface area contributed by atoms with E-state index in [-0.39, 0.29) is 0 Å². The quantitative estimate of drug-likeness (QED) is 0.157. The first kappa shape index (κ1) is 36.5. The largest absolute Gasteiger partial charge is 0.256 e. The fraction of sp³-hybridized carbons (Fsp3) is 0.0169. The molecule has 0 N–H and O–H groups in total. The number of rotatable bonds is 6. The van der Waals surface area contributed by atoms with Crippen molar-refractivity contribution in [2.24, 2.45) is 0 Å².